The van der Waals surface area contributed by atoms with Gasteiger partial charge < -0.3 is 35.2 Å². The highest BCUT2D eigenvalue weighted by molar-refractivity contribution is 7.80. The first-order valence-corrected chi connectivity index (χ1v) is 33.1. The summed E-state index contributed by atoms with van der Waals surface area (Å²) in [4.78, 5) is 13.1. The third-order valence-corrected chi connectivity index (χ3v) is 15.7. The maximum atomic E-state index is 13.1. The second-order valence-corrected chi connectivity index (χ2v) is 23.4. The van der Waals surface area contributed by atoms with Gasteiger partial charge in [-0.1, -0.05) is 282 Å². The number of hydrogen-bond acceptors (Lipinski definition) is 10. The highest BCUT2D eigenvalue weighted by Crippen LogP contribution is 2.26. The molecule has 13 heteroatoms. The quantitative estimate of drug-likeness (QED) is 0.0193. The van der Waals surface area contributed by atoms with E-state index in [0.29, 0.717) is 12.8 Å². The maximum Gasteiger partial charge on any atom is 0.397 e. The Labute approximate surface area is 461 Å². The van der Waals surface area contributed by atoms with Crippen molar-refractivity contribution in [2.45, 2.75) is 352 Å². The number of aliphatic hydroxyl groups excluding tert-OH is 4. The summed E-state index contributed by atoms with van der Waals surface area (Å²) in [6.07, 6.45) is 56.6. The zero-order valence-electron chi connectivity index (χ0n) is 48.4. The van der Waals surface area contributed by atoms with Gasteiger partial charge >= 0.3 is 10.4 Å². The predicted molar refractivity (Wildman–Crippen MR) is 310 cm³/mol. The molecule has 1 aliphatic heterocycles. The molecule has 0 aromatic rings. The average molecular weight is 1090 g/mol. The molecule has 0 aliphatic carbocycles. The normalized spacial score (nSPS) is 19.2. The van der Waals surface area contributed by atoms with E-state index in [4.69, 9.17) is 9.47 Å². The lowest BCUT2D eigenvalue weighted by Crippen LogP contribution is -2.61. The van der Waals surface area contributed by atoms with Crippen molar-refractivity contribution in [3.8, 4) is 0 Å². The highest BCUT2D eigenvalue weighted by Gasteiger charge is 2.48. The third kappa shape index (κ3) is 44.1. The van der Waals surface area contributed by atoms with Crippen molar-refractivity contribution < 1.29 is 51.8 Å². The van der Waals surface area contributed by atoms with Crippen LogP contribution in [-0.2, 0) is 28.9 Å². The molecule has 7 atom stereocenters. The topological polar surface area (TPSA) is 192 Å². The fraction of sp³-hybridized carbons (Fsp3) is 0.919. The van der Waals surface area contributed by atoms with Gasteiger partial charge in [0.25, 0.3) is 0 Å². The Hall–Kier alpha value is -1.42. The molecule has 0 aromatic heterocycles. The summed E-state index contributed by atoms with van der Waals surface area (Å²) >= 11 is 0. The summed E-state index contributed by atoms with van der Waals surface area (Å²) in [5.74, 6) is -0.227. The SMILES string of the molecule is CCCCCCCCCCCCCCC/C=C\C/C=C\CCCCCCCCCCCCCCCCCCCC(=O)NC(COC1OC(CO)C(O)C(OS(=O)(=O)O)C1O)C(O)CCCCCCCCCCCCC. The fourth-order valence-corrected chi connectivity index (χ4v) is 10.9. The van der Waals surface area contributed by atoms with Crippen molar-refractivity contribution in [3.05, 3.63) is 24.3 Å². The minimum Gasteiger partial charge on any atom is -0.394 e. The van der Waals surface area contributed by atoms with Gasteiger partial charge in [-0.15, -0.1) is 0 Å². The van der Waals surface area contributed by atoms with Crippen LogP contribution in [0, 0.1) is 0 Å². The Morgan fingerprint density at radius 1 is 0.533 bits per heavy atom. The minimum absolute atomic E-state index is 0.227. The van der Waals surface area contributed by atoms with Crippen LogP contribution in [0.15, 0.2) is 24.3 Å². The highest BCUT2D eigenvalue weighted by atomic mass is 32.3. The van der Waals surface area contributed by atoms with Crippen LogP contribution < -0.4 is 5.32 Å². The zero-order chi connectivity index (χ0) is 54.7. The number of amides is 1. The van der Waals surface area contributed by atoms with Crippen LogP contribution in [-0.4, -0.2) is 95.4 Å². The molecular formula is C62H119NO11S. The van der Waals surface area contributed by atoms with E-state index < -0.39 is 59.9 Å². The average Bonchev–Trinajstić information content (AvgIpc) is 3.39. The molecule has 1 saturated heterocycles. The van der Waals surface area contributed by atoms with Crippen molar-refractivity contribution in [3.63, 3.8) is 0 Å². The van der Waals surface area contributed by atoms with Crippen LogP contribution in [0.4, 0.5) is 0 Å². The Morgan fingerprint density at radius 2 is 0.893 bits per heavy atom. The summed E-state index contributed by atoms with van der Waals surface area (Å²) in [5, 5.41) is 45.0. The molecule has 1 aliphatic rings. The van der Waals surface area contributed by atoms with Gasteiger partial charge in [-0.25, -0.2) is 4.18 Å². The van der Waals surface area contributed by atoms with E-state index in [0.717, 1.165) is 57.8 Å². The summed E-state index contributed by atoms with van der Waals surface area (Å²) in [6.45, 7) is 3.47. The Kier molecular flexibility index (Phi) is 49.6. The van der Waals surface area contributed by atoms with Crippen molar-refractivity contribution in [1.29, 1.82) is 0 Å². The monoisotopic (exact) mass is 1090 g/mol. The Morgan fingerprint density at radius 3 is 1.27 bits per heavy atom. The smallest absolute Gasteiger partial charge is 0.394 e. The Balaban J connectivity index is 2.13. The second kappa shape index (κ2) is 52.0. The zero-order valence-corrected chi connectivity index (χ0v) is 49.2. The molecule has 1 heterocycles. The molecule has 444 valence electrons. The molecule has 7 unspecified atom stereocenters. The molecule has 0 saturated carbocycles. The number of aliphatic hydroxyl groups is 4. The number of allylic oxidation sites excluding steroid dienone is 4. The first-order chi connectivity index (χ1) is 36.5. The van der Waals surface area contributed by atoms with Crippen LogP contribution in [0.3, 0.4) is 0 Å². The van der Waals surface area contributed by atoms with Gasteiger partial charge in [-0.3, -0.25) is 9.35 Å². The molecule has 1 rings (SSSR count). The Bertz CT molecular complexity index is 1420. The van der Waals surface area contributed by atoms with Crippen LogP contribution in [0.5, 0.6) is 0 Å². The number of unbranched alkanes of at least 4 members (excludes halogenated alkanes) is 40. The molecule has 6 N–H and O–H groups in total. The molecular weight excluding hydrogens is 967 g/mol. The summed E-state index contributed by atoms with van der Waals surface area (Å²) in [7, 11) is -5.08. The van der Waals surface area contributed by atoms with E-state index in [9.17, 15) is 38.2 Å². The van der Waals surface area contributed by atoms with Crippen molar-refractivity contribution in [1.82, 2.24) is 5.32 Å². The van der Waals surface area contributed by atoms with Crippen LogP contribution in [0.25, 0.3) is 0 Å². The van der Waals surface area contributed by atoms with Gasteiger partial charge in [0, 0.05) is 6.42 Å². The summed E-state index contributed by atoms with van der Waals surface area (Å²) < 4.78 is 47.8. The van der Waals surface area contributed by atoms with E-state index in [-0.39, 0.29) is 12.5 Å². The standard InChI is InChI=1S/C62H119NO11S/c1-3-5-7-9-11-13-15-16-17-18-19-20-21-22-23-24-25-26-27-28-29-30-31-32-33-34-35-36-37-38-39-40-42-44-46-48-50-52-58(66)63-55(56(65)51-49-47-45-43-41-14-12-10-8-6-4-2)54-72-62-60(68)61(74-75(69,70)71)59(67)57(53-64)73-62/h23-24,26-27,55-57,59-62,64-65,67-68H,3-22,25,28-54H2,1-2H3,(H,63,66)(H,69,70,71)/b24-23-,27-26-. The predicted octanol–water partition coefficient (Wildman–Crippen LogP) is 15.6. The lowest BCUT2D eigenvalue weighted by molar-refractivity contribution is -0.298. The molecule has 1 amide bonds. The lowest BCUT2D eigenvalue weighted by atomic mass is 9.99. The lowest BCUT2D eigenvalue weighted by Gasteiger charge is -2.41. The number of carbonyl (C=O) groups is 1. The van der Waals surface area contributed by atoms with E-state index >= 15 is 0 Å². The molecule has 0 spiro atoms. The van der Waals surface area contributed by atoms with E-state index in [1.54, 1.807) is 0 Å². The number of nitrogens with one attached hydrogen (secondary N) is 1. The molecule has 0 bridgehead atoms. The number of hydrogen-bond donors (Lipinski definition) is 6. The molecule has 0 aromatic carbocycles. The van der Waals surface area contributed by atoms with E-state index in [1.807, 2.05) is 0 Å². The van der Waals surface area contributed by atoms with Gasteiger partial charge in [0.1, 0.15) is 24.4 Å². The van der Waals surface area contributed by atoms with Gasteiger partial charge in [-0.2, -0.15) is 8.42 Å². The number of rotatable bonds is 56. The summed E-state index contributed by atoms with van der Waals surface area (Å²) in [6, 6.07) is -0.855. The van der Waals surface area contributed by atoms with E-state index in [1.165, 1.54) is 225 Å². The minimum atomic E-state index is -5.08. The first-order valence-electron chi connectivity index (χ1n) is 31.7. The second-order valence-electron chi connectivity index (χ2n) is 22.4. The number of carbonyl (C=O) groups excluding carboxylic acids is 1. The fourth-order valence-electron chi connectivity index (χ4n) is 10.4. The van der Waals surface area contributed by atoms with Crippen LogP contribution >= 0.6 is 0 Å². The molecule has 0 radical (unpaired) electrons. The molecule has 12 nitrogen and oxygen atoms in total. The summed E-state index contributed by atoms with van der Waals surface area (Å²) in [5.41, 5.74) is 0. The molecule has 75 heavy (non-hydrogen) atoms. The van der Waals surface area contributed by atoms with E-state index in [2.05, 4.69) is 47.7 Å². The van der Waals surface area contributed by atoms with Crippen molar-refractivity contribution in [2.24, 2.45) is 0 Å². The third-order valence-electron chi connectivity index (χ3n) is 15.3. The van der Waals surface area contributed by atoms with Crippen LogP contribution in [0.1, 0.15) is 309 Å². The number of ether oxygens (including phenoxy) is 2. The van der Waals surface area contributed by atoms with Gasteiger partial charge in [-0.05, 0) is 44.9 Å². The maximum absolute atomic E-state index is 13.1. The van der Waals surface area contributed by atoms with Gasteiger partial charge in [0.05, 0.1) is 25.4 Å². The van der Waals surface area contributed by atoms with Crippen molar-refractivity contribution in [2.75, 3.05) is 13.2 Å². The van der Waals surface area contributed by atoms with Crippen molar-refractivity contribution >= 4 is 16.3 Å². The van der Waals surface area contributed by atoms with Crippen LogP contribution in [0.2, 0.25) is 0 Å². The van der Waals surface area contributed by atoms with Gasteiger partial charge in [0.2, 0.25) is 5.91 Å². The first kappa shape index (κ1) is 71.6. The molecule has 1 fully saturated rings. The largest absolute Gasteiger partial charge is 0.397 e. The van der Waals surface area contributed by atoms with Gasteiger partial charge in [0.15, 0.2) is 6.29 Å².